The Morgan fingerprint density at radius 3 is 1.47 bits per heavy atom. The fourth-order valence-electron chi connectivity index (χ4n) is 1.39. The Morgan fingerprint density at radius 1 is 1.00 bits per heavy atom. The van der Waals surface area contributed by atoms with Crippen molar-refractivity contribution in [2.45, 2.75) is 39.5 Å². The van der Waals surface area contributed by atoms with Gasteiger partial charge in [-0.05, 0) is 0 Å². The van der Waals surface area contributed by atoms with E-state index < -0.39 is 0 Å². The van der Waals surface area contributed by atoms with E-state index in [9.17, 15) is 0 Å². The van der Waals surface area contributed by atoms with Crippen LogP contribution in [0.1, 0.15) is 39.5 Å². The molecule has 0 bridgehead atoms. The quantitative estimate of drug-likeness (QED) is 0.587. The second kappa shape index (κ2) is 12.6. The second-order valence-electron chi connectivity index (χ2n) is 3.39. The molecule has 2 rings (SSSR count). The molecule has 0 aliphatic heterocycles. The average Bonchev–Trinajstić information content (AvgIpc) is 3.04. The van der Waals surface area contributed by atoms with Crippen LogP contribution in [0, 0.1) is 12.2 Å². The first-order valence-electron chi connectivity index (χ1n) is 5.73. The van der Waals surface area contributed by atoms with E-state index >= 15 is 0 Å². The maximum absolute atomic E-state index is 4.86. The average molecular weight is 308 g/mol. The molecule has 0 nitrogen and oxygen atoms in total. The second-order valence-corrected chi connectivity index (χ2v) is 5.69. The molecule has 0 aromatic carbocycles. The monoisotopic (exact) mass is 307 g/mol. The molecule has 0 amide bonds. The van der Waals surface area contributed by atoms with Crippen LogP contribution in [0.25, 0.3) is 0 Å². The molecule has 0 N–H and O–H groups in total. The summed E-state index contributed by atoms with van der Waals surface area (Å²) in [6, 6.07) is 0. The van der Waals surface area contributed by atoms with E-state index in [0.717, 1.165) is 25.7 Å². The Kier molecular flexibility index (Phi) is 12.7. The summed E-state index contributed by atoms with van der Waals surface area (Å²) in [5.74, 6) is 0. The van der Waals surface area contributed by atoms with Crippen molar-refractivity contribution in [2.24, 2.45) is 0 Å². The molecule has 0 radical (unpaired) electrons. The first-order valence-corrected chi connectivity index (χ1v) is 9.57. The molecule has 0 unspecified atom stereocenters. The van der Waals surface area contributed by atoms with E-state index in [1.165, 1.54) is 11.1 Å². The fraction of sp³-hybridized carbons (Fsp3) is 0.429. The van der Waals surface area contributed by atoms with Crippen LogP contribution in [0.4, 0.5) is 0 Å². The molecule has 0 aromatic rings. The van der Waals surface area contributed by atoms with Crippen molar-refractivity contribution < 1.29 is 14.4 Å². The third-order valence-electron chi connectivity index (χ3n) is 2.29. The topological polar surface area (TPSA) is 0 Å². The maximum atomic E-state index is 4.86. The summed E-state index contributed by atoms with van der Waals surface area (Å²) in [6.45, 7) is 4.30. The minimum atomic E-state index is -0.368. The van der Waals surface area contributed by atoms with Gasteiger partial charge in [0.15, 0.2) is 0 Å². The molecule has 95 valence electrons. The molecule has 0 atom stereocenters. The van der Waals surface area contributed by atoms with Gasteiger partial charge in [-0.1, -0.05) is 26.7 Å². The van der Waals surface area contributed by atoms with Crippen LogP contribution < -0.4 is 0 Å². The zero-order valence-corrected chi connectivity index (χ0v) is 13.2. The van der Waals surface area contributed by atoms with Crippen molar-refractivity contribution in [3.05, 3.63) is 47.6 Å². The predicted molar refractivity (Wildman–Crippen MR) is 73.3 cm³/mol. The number of halogens is 2. The zero-order chi connectivity index (χ0) is 12.9. The summed E-state index contributed by atoms with van der Waals surface area (Å²) in [5, 5.41) is 0. The first-order chi connectivity index (χ1) is 8.28. The molecule has 0 fully saturated rings. The van der Waals surface area contributed by atoms with Crippen molar-refractivity contribution in [3.8, 4) is 0 Å². The minimum absolute atomic E-state index is 0.368. The van der Waals surface area contributed by atoms with Crippen LogP contribution in [0.2, 0.25) is 0 Å². The van der Waals surface area contributed by atoms with E-state index in [4.69, 9.17) is 19.7 Å². The third-order valence-corrected chi connectivity index (χ3v) is 2.29. The molecule has 0 saturated carbocycles. The van der Waals surface area contributed by atoms with E-state index in [-0.39, 0.29) is 14.4 Å². The van der Waals surface area contributed by atoms with E-state index in [2.05, 4.69) is 50.3 Å². The number of rotatable bonds is 2. The fourth-order valence-corrected chi connectivity index (χ4v) is 1.39. The molecule has 0 spiro atoms. The first kappa shape index (κ1) is 17.1. The van der Waals surface area contributed by atoms with Gasteiger partial charge in [0.2, 0.25) is 0 Å². The van der Waals surface area contributed by atoms with Crippen LogP contribution in [0.5, 0.6) is 0 Å². The predicted octanol–water partition coefficient (Wildman–Crippen LogP) is 5.55. The molecule has 0 saturated heterocycles. The van der Waals surface area contributed by atoms with E-state index in [1.807, 2.05) is 0 Å². The van der Waals surface area contributed by atoms with Gasteiger partial charge in [-0.25, -0.2) is 23.3 Å². The standard InChI is InChI=1S/2C7H9.2ClH.V/c2*1-2-7-5-3-4-6-7;;;/h2*3,5H,2,4H2,1H3;2*1H;/q2*-1;;;+2/p-2. The summed E-state index contributed by atoms with van der Waals surface area (Å²) in [4.78, 5) is 0. The van der Waals surface area contributed by atoms with Gasteiger partial charge in [-0.3, -0.25) is 12.2 Å². The summed E-state index contributed by atoms with van der Waals surface area (Å²) >= 11 is -0.368. The van der Waals surface area contributed by atoms with Crippen LogP contribution >= 0.6 is 19.7 Å². The van der Waals surface area contributed by atoms with Gasteiger partial charge in [0.05, 0.1) is 0 Å². The van der Waals surface area contributed by atoms with Crippen molar-refractivity contribution in [1.29, 1.82) is 0 Å². The number of hydrogen-bond donors (Lipinski definition) is 0. The molecule has 2 aliphatic rings. The van der Waals surface area contributed by atoms with Crippen LogP contribution in [0.15, 0.2) is 35.5 Å². The van der Waals surface area contributed by atoms with Gasteiger partial charge in [0.1, 0.15) is 0 Å². The van der Waals surface area contributed by atoms with Crippen molar-refractivity contribution in [3.63, 3.8) is 0 Å². The van der Waals surface area contributed by atoms with Gasteiger partial charge in [-0.15, -0.1) is 12.8 Å². The summed E-state index contributed by atoms with van der Waals surface area (Å²) < 4.78 is 0. The summed E-state index contributed by atoms with van der Waals surface area (Å²) in [6.07, 6.45) is 19.3. The Morgan fingerprint density at radius 2 is 1.35 bits per heavy atom. The van der Waals surface area contributed by atoms with Gasteiger partial charge in [0, 0.05) is 0 Å². The third kappa shape index (κ3) is 9.79. The summed E-state index contributed by atoms with van der Waals surface area (Å²) in [5.41, 5.74) is 2.72. The molecule has 17 heavy (non-hydrogen) atoms. The molecular weight excluding hydrogens is 290 g/mol. The number of allylic oxidation sites excluding steroid dienone is 8. The molecule has 0 aromatic heterocycles. The molecule has 3 heteroatoms. The SMILES string of the molecule is CCC1=[C-]CC=C1.CCC1=[C-]CC=C1.[Cl][V][Cl]. The zero-order valence-electron chi connectivity index (χ0n) is 10.3. The van der Waals surface area contributed by atoms with Crippen LogP contribution in [0.3, 0.4) is 0 Å². The van der Waals surface area contributed by atoms with Gasteiger partial charge in [-0.2, -0.15) is 12.2 Å². The van der Waals surface area contributed by atoms with Gasteiger partial charge in [0.25, 0.3) is 0 Å². The van der Waals surface area contributed by atoms with E-state index in [1.54, 1.807) is 0 Å². The van der Waals surface area contributed by atoms with Crippen LogP contribution in [-0.4, -0.2) is 0 Å². The molecule has 2 aliphatic carbocycles. The van der Waals surface area contributed by atoms with Crippen molar-refractivity contribution in [2.75, 3.05) is 0 Å². The normalized spacial score (nSPS) is 15.3. The van der Waals surface area contributed by atoms with Crippen molar-refractivity contribution in [1.82, 2.24) is 0 Å². The molecule has 0 heterocycles. The number of hydrogen-bond acceptors (Lipinski definition) is 0. The van der Waals surface area contributed by atoms with Crippen molar-refractivity contribution >= 4 is 19.7 Å². The Hall–Kier alpha value is 0.124. The Labute approximate surface area is 121 Å². The van der Waals surface area contributed by atoms with Gasteiger partial charge < -0.3 is 0 Å². The molecular formula is C14H18Cl2V-2. The van der Waals surface area contributed by atoms with Gasteiger partial charge >= 0.3 is 34.1 Å². The Balaban J connectivity index is 0.000000247. The van der Waals surface area contributed by atoms with E-state index in [0.29, 0.717) is 0 Å². The summed E-state index contributed by atoms with van der Waals surface area (Å²) in [7, 11) is 9.72. The van der Waals surface area contributed by atoms with Crippen LogP contribution in [-0.2, 0) is 14.4 Å². The Bertz CT molecular complexity index is 271.